The number of nitrogens with zero attached hydrogens (tertiary/aromatic N) is 1. The van der Waals surface area contributed by atoms with Crippen molar-refractivity contribution in [3.05, 3.63) is 33.2 Å². The Labute approximate surface area is 148 Å². The summed E-state index contributed by atoms with van der Waals surface area (Å²) in [5.41, 5.74) is 6.52. The van der Waals surface area contributed by atoms with Gasteiger partial charge in [0.1, 0.15) is 5.56 Å². The van der Waals surface area contributed by atoms with Crippen molar-refractivity contribution in [3.63, 3.8) is 0 Å². The molecule has 2 rings (SSSR count). The Balaban J connectivity index is 2.23. The van der Waals surface area contributed by atoms with Gasteiger partial charge in [-0.3, -0.25) is 14.4 Å². The van der Waals surface area contributed by atoms with Crippen LogP contribution in [0.4, 0.5) is 0 Å². The molecule has 0 fully saturated rings. The summed E-state index contributed by atoms with van der Waals surface area (Å²) in [7, 11) is 1.65. The lowest BCUT2D eigenvalue weighted by molar-refractivity contribution is 0.0787. The molecule has 0 aliphatic heterocycles. The maximum Gasteiger partial charge on any atom is 0.261 e. The van der Waals surface area contributed by atoms with Crippen LogP contribution in [0, 0.1) is 11.3 Å². The number of rotatable bonds is 5. The van der Waals surface area contributed by atoms with Gasteiger partial charge in [0.25, 0.3) is 11.5 Å². The van der Waals surface area contributed by atoms with Gasteiger partial charge in [0.05, 0.1) is 0 Å². The molecule has 1 aliphatic carbocycles. The summed E-state index contributed by atoms with van der Waals surface area (Å²) in [6.45, 7) is 8.53. The van der Waals surface area contributed by atoms with Crippen LogP contribution >= 0.6 is 0 Å². The third kappa shape index (κ3) is 4.37. The van der Waals surface area contributed by atoms with Gasteiger partial charge in [0, 0.05) is 37.3 Å². The molecule has 1 aromatic rings. The highest BCUT2D eigenvalue weighted by Gasteiger charge is 2.33. The first-order chi connectivity index (χ1) is 11.5. The lowest BCUT2D eigenvalue weighted by Gasteiger charge is -2.30. The molecule has 1 aliphatic rings. The molecular formula is C19H29N3O3. The number of nitrogens with two attached hydrogens (primary N) is 1. The number of ketones is 1. The topological polar surface area (TPSA) is 96.3 Å². The molecule has 0 saturated heterocycles. The fourth-order valence-corrected chi connectivity index (χ4v) is 3.17. The molecule has 1 aromatic heterocycles. The number of pyridine rings is 1. The zero-order valence-corrected chi connectivity index (χ0v) is 15.8. The van der Waals surface area contributed by atoms with E-state index in [-0.39, 0.29) is 28.7 Å². The maximum absolute atomic E-state index is 12.6. The fraction of sp³-hybridized carbons (Fsp3) is 0.632. The predicted octanol–water partition coefficient (Wildman–Crippen LogP) is 1.98. The molecule has 0 bridgehead atoms. The van der Waals surface area contributed by atoms with Crippen LogP contribution < -0.4 is 11.3 Å². The van der Waals surface area contributed by atoms with E-state index in [1.54, 1.807) is 7.05 Å². The van der Waals surface area contributed by atoms with Gasteiger partial charge in [0.2, 0.25) is 0 Å². The van der Waals surface area contributed by atoms with E-state index in [4.69, 9.17) is 5.73 Å². The Morgan fingerprint density at radius 2 is 1.96 bits per heavy atom. The van der Waals surface area contributed by atoms with E-state index in [1.165, 1.54) is 11.0 Å². The Bertz CT molecular complexity index is 734. The van der Waals surface area contributed by atoms with E-state index in [0.29, 0.717) is 43.0 Å². The summed E-state index contributed by atoms with van der Waals surface area (Å²) >= 11 is 0. The monoisotopic (exact) mass is 347 g/mol. The summed E-state index contributed by atoms with van der Waals surface area (Å²) in [4.78, 5) is 41.6. The number of hydrogen-bond donors (Lipinski definition) is 2. The lowest BCUT2D eigenvalue weighted by atomic mass is 9.75. The third-order valence-electron chi connectivity index (χ3n) is 4.95. The van der Waals surface area contributed by atoms with Crippen molar-refractivity contribution in [3.8, 4) is 0 Å². The van der Waals surface area contributed by atoms with E-state index in [2.05, 4.69) is 4.98 Å². The van der Waals surface area contributed by atoms with Crippen LogP contribution in [0.1, 0.15) is 66.9 Å². The van der Waals surface area contributed by atoms with Gasteiger partial charge in [0.15, 0.2) is 5.78 Å². The molecule has 3 N–H and O–H groups in total. The SMILES string of the molecule is CC(C)C(N)CCN(C)C(=O)c1cc2c([nH]c1=O)CC(C)(C)CC2=O. The Morgan fingerprint density at radius 1 is 1.32 bits per heavy atom. The van der Waals surface area contributed by atoms with Crippen LogP contribution in [0.3, 0.4) is 0 Å². The van der Waals surface area contributed by atoms with Gasteiger partial charge >= 0.3 is 0 Å². The molecule has 0 saturated carbocycles. The van der Waals surface area contributed by atoms with E-state index in [0.717, 1.165) is 0 Å². The van der Waals surface area contributed by atoms with Gasteiger partial charge in [-0.1, -0.05) is 27.7 Å². The number of nitrogens with one attached hydrogen (secondary N) is 1. The molecule has 1 unspecified atom stereocenters. The molecule has 138 valence electrons. The molecule has 1 amide bonds. The average molecular weight is 347 g/mol. The molecule has 6 heteroatoms. The minimum Gasteiger partial charge on any atom is -0.341 e. The maximum atomic E-state index is 12.6. The number of hydrogen-bond acceptors (Lipinski definition) is 4. The molecule has 6 nitrogen and oxygen atoms in total. The summed E-state index contributed by atoms with van der Waals surface area (Å²) in [6, 6.07) is 1.47. The highest BCUT2D eigenvalue weighted by molar-refractivity contribution is 6.02. The Morgan fingerprint density at radius 3 is 2.56 bits per heavy atom. The highest BCUT2D eigenvalue weighted by Crippen LogP contribution is 2.33. The van der Waals surface area contributed by atoms with Gasteiger partial charge in [-0.25, -0.2) is 0 Å². The van der Waals surface area contributed by atoms with Crippen molar-refractivity contribution in [1.82, 2.24) is 9.88 Å². The van der Waals surface area contributed by atoms with Crippen molar-refractivity contribution >= 4 is 11.7 Å². The van der Waals surface area contributed by atoms with Crippen LogP contribution in [-0.2, 0) is 6.42 Å². The standard InChI is InChI=1S/C19H29N3O3/c1-11(2)14(20)6-7-22(5)18(25)13-8-12-15(21-17(13)24)9-19(3,4)10-16(12)23/h8,11,14H,6-7,9-10,20H2,1-5H3,(H,21,24). The van der Waals surface area contributed by atoms with Gasteiger partial charge in [-0.05, 0) is 30.2 Å². The minimum absolute atomic E-state index is 0.000812. The van der Waals surface area contributed by atoms with E-state index in [9.17, 15) is 14.4 Å². The second kappa shape index (κ2) is 7.12. The number of amides is 1. The minimum atomic E-state index is -0.436. The first-order valence-electron chi connectivity index (χ1n) is 8.82. The quantitative estimate of drug-likeness (QED) is 0.851. The second-order valence-corrected chi connectivity index (χ2v) is 8.27. The van der Waals surface area contributed by atoms with Crippen molar-refractivity contribution in [2.75, 3.05) is 13.6 Å². The van der Waals surface area contributed by atoms with Gasteiger partial charge < -0.3 is 15.6 Å². The van der Waals surface area contributed by atoms with Crippen molar-refractivity contribution < 1.29 is 9.59 Å². The third-order valence-corrected chi connectivity index (χ3v) is 4.95. The first-order valence-corrected chi connectivity index (χ1v) is 8.82. The average Bonchev–Trinajstić information content (AvgIpc) is 2.49. The number of Topliss-reactive ketones (excluding diaryl/α,β-unsaturated/α-hetero) is 1. The lowest BCUT2D eigenvalue weighted by Crippen LogP contribution is -2.38. The molecule has 25 heavy (non-hydrogen) atoms. The first kappa shape index (κ1) is 19.4. The van der Waals surface area contributed by atoms with Crippen molar-refractivity contribution in [2.45, 2.75) is 53.0 Å². The zero-order chi connectivity index (χ0) is 18.9. The number of H-pyrrole nitrogens is 1. The normalized spacial score (nSPS) is 17.3. The number of aromatic nitrogens is 1. The van der Waals surface area contributed by atoms with Crippen LogP contribution in [0.15, 0.2) is 10.9 Å². The number of fused-ring (bicyclic) bond motifs is 1. The number of carbonyl (C=O) groups excluding carboxylic acids is 2. The summed E-state index contributed by atoms with van der Waals surface area (Å²) in [5, 5.41) is 0. The Kier molecular flexibility index (Phi) is 5.52. The smallest absolute Gasteiger partial charge is 0.261 e. The van der Waals surface area contributed by atoms with Crippen molar-refractivity contribution in [2.24, 2.45) is 17.1 Å². The zero-order valence-electron chi connectivity index (χ0n) is 15.8. The molecule has 0 aromatic carbocycles. The highest BCUT2D eigenvalue weighted by atomic mass is 16.2. The summed E-state index contributed by atoms with van der Waals surface area (Å²) in [6.07, 6.45) is 1.70. The van der Waals surface area contributed by atoms with Gasteiger partial charge in [-0.2, -0.15) is 0 Å². The molecule has 1 atom stereocenters. The summed E-state index contributed by atoms with van der Waals surface area (Å²) in [5.74, 6) is -0.0738. The largest absolute Gasteiger partial charge is 0.341 e. The van der Waals surface area contributed by atoms with Crippen LogP contribution in [0.25, 0.3) is 0 Å². The van der Waals surface area contributed by atoms with Crippen LogP contribution in [-0.4, -0.2) is 41.2 Å². The van der Waals surface area contributed by atoms with E-state index in [1.807, 2.05) is 27.7 Å². The fourth-order valence-electron chi connectivity index (χ4n) is 3.17. The van der Waals surface area contributed by atoms with Crippen molar-refractivity contribution in [1.29, 1.82) is 0 Å². The molecule has 1 heterocycles. The van der Waals surface area contributed by atoms with Crippen LogP contribution in [0.2, 0.25) is 0 Å². The number of aromatic amines is 1. The molecular weight excluding hydrogens is 318 g/mol. The second-order valence-electron chi connectivity index (χ2n) is 8.27. The van der Waals surface area contributed by atoms with Gasteiger partial charge in [-0.15, -0.1) is 0 Å². The van der Waals surface area contributed by atoms with Crippen LogP contribution in [0.5, 0.6) is 0 Å². The molecule has 0 radical (unpaired) electrons. The Hall–Kier alpha value is -1.95. The molecule has 0 spiro atoms. The van der Waals surface area contributed by atoms with E-state index < -0.39 is 5.56 Å². The van der Waals surface area contributed by atoms with E-state index >= 15 is 0 Å². The number of carbonyl (C=O) groups is 2. The predicted molar refractivity (Wildman–Crippen MR) is 97.9 cm³/mol. The summed E-state index contributed by atoms with van der Waals surface area (Å²) < 4.78 is 0.